The number of nitrogens with zero attached hydrogens (tertiary/aromatic N) is 3. The molecule has 2 heterocycles. The zero-order valence-electron chi connectivity index (χ0n) is 17.1. The van der Waals surface area contributed by atoms with Gasteiger partial charge < -0.3 is 10.1 Å². The van der Waals surface area contributed by atoms with Crippen molar-refractivity contribution in [2.24, 2.45) is 0 Å². The molecular weight excluding hydrogens is 396 g/mol. The predicted molar refractivity (Wildman–Crippen MR) is 113 cm³/mol. The van der Waals surface area contributed by atoms with Crippen LogP contribution in [0.15, 0.2) is 54.6 Å². The van der Waals surface area contributed by atoms with Gasteiger partial charge in [0.15, 0.2) is 0 Å². The molecule has 2 aromatic carbocycles. The molecule has 0 fully saturated rings. The van der Waals surface area contributed by atoms with E-state index in [1.807, 2.05) is 19.9 Å². The van der Waals surface area contributed by atoms with Gasteiger partial charge in [-0.25, -0.2) is 9.97 Å². The monoisotopic (exact) mass is 416 g/mol. The summed E-state index contributed by atoms with van der Waals surface area (Å²) in [6, 6.07) is 15.5. The van der Waals surface area contributed by atoms with Gasteiger partial charge in [-0.15, -0.1) is 0 Å². The molecule has 0 saturated heterocycles. The van der Waals surface area contributed by atoms with Crippen molar-refractivity contribution in [1.29, 1.82) is 0 Å². The zero-order valence-corrected chi connectivity index (χ0v) is 17.1. The second-order valence-corrected chi connectivity index (χ2v) is 7.17. The standard InChI is InChI=1S/C23H20N4O4/c1-14-12-15(2)25-23(24-14)31-17-7-5-6-16(13-17)26-20(28)10-11-27-21(29)18-8-3-4-9-19(18)22(27)30/h3-9,12-13H,10-11H2,1-2H3,(H,26,28). The topological polar surface area (TPSA) is 101 Å². The highest BCUT2D eigenvalue weighted by atomic mass is 16.5. The lowest BCUT2D eigenvalue weighted by molar-refractivity contribution is -0.116. The summed E-state index contributed by atoms with van der Waals surface area (Å²) in [6.45, 7) is 3.71. The van der Waals surface area contributed by atoms with E-state index < -0.39 is 0 Å². The second-order valence-electron chi connectivity index (χ2n) is 7.17. The molecule has 3 amide bonds. The Bertz CT molecular complexity index is 1140. The Labute approximate surface area is 178 Å². The average molecular weight is 416 g/mol. The number of ether oxygens (including phenoxy) is 1. The van der Waals surface area contributed by atoms with E-state index in [0.29, 0.717) is 22.6 Å². The fourth-order valence-electron chi connectivity index (χ4n) is 3.36. The van der Waals surface area contributed by atoms with Gasteiger partial charge in [0.05, 0.1) is 11.1 Å². The summed E-state index contributed by atoms with van der Waals surface area (Å²) in [6.07, 6.45) is -0.0171. The van der Waals surface area contributed by atoms with E-state index in [1.165, 1.54) is 0 Å². The van der Waals surface area contributed by atoms with Gasteiger partial charge in [0.1, 0.15) is 5.75 Å². The number of rotatable bonds is 6. The van der Waals surface area contributed by atoms with Crippen LogP contribution in [0.4, 0.5) is 5.69 Å². The Hall–Kier alpha value is -4.07. The Morgan fingerprint density at radius 1 is 0.935 bits per heavy atom. The first-order valence-corrected chi connectivity index (χ1v) is 9.76. The number of imide groups is 1. The van der Waals surface area contributed by atoms with Crippen molar-refractivity contribution < 1.29 is 19.1 Å². The summed E-state index contributed by atoms with van der Waals surface area (Å²) in [5.74, 6) is -0.603. The number of benzene rings is 2. The number of hydrogen-bond donors (Lipinski definition) is 1. The number of fused-ring (bicyclic) bond motifs is 1. The lowest BCUT2D eigenvalue weighted by Crippen LogP contribution is -2.32. The Kier molecular flexibility index (Phi) is 5.44. The number of amides is 3. The third kappa shape index (κ3) is 4.42. The van der Waals surface area contributed by atoms with Crippen molar-refractivity contribution >= 4 is 23.4 Å². The molecule has 8 nitrogen and oxygen atoms in total. The number of aromatic nitrogens is 2. The van der Waals surface area contributed by atoms with Gasteiger partial charge in [-0.2, -0.15) is 0 Å². The van der Waals surface area contributed by atoms with Crippen LogP contribution in [0.3, 0.4) is 0 Å². The van der Waals surface area contributed by atoms with Crippen LogP contribution in [0.25, 0.3) is 0 Å². The highest BCUT2D eigenvalue weighted by Crippen LogP contribution is 2.24. The molecule has 31 heavy (non-hydrogen) atoms. The molecule has 4 rings (SSSR count). The van der Waals surface area contributed by atoms with E-state index in [1.54, 1.807) is 48.5 Å². The van der Waals surface area contributed by atoms with Gasteiger partial charge in [0.2, 0.25) is 5.91 Å². The number of anilines is 1. The van der Waals surface area contributed by atoms with Gasteiger partial charge in [0, 0.05) is 36.1 Å². The molecule has 8 heteroatoms. The molecule has 1 aromatic heterocycles. The quantitative estimate of drug-likeness (QED) is 0.617. The highest BCUT2D eigenvalue weighted by Gasteiger charge is 2.34. The molecular formula is C23H20N4O4. The minimum absolute atomic E-state index is 0.00474. The molecule has 0 unspecified atom stereocenters. The molecule has 3 aromatic rings. The van der Waals surface area contributed by atoms with Crippen LogP contribution < -0.4 is 10.1 Å². The normalized spacial score (nSPS) is 12.6. The molecule has 0 bridgehead atoms. The minimum Gasteiger partial charge on any atom is -0.424 e. The summed E-state index contributed by atoms with van der Waals surface area (Å²) in [7, 11) is 0. The molecule has 0 saturated carbocycles. The first-order chi connectivity index (χ1) is 14.9. The Balaban J connectivity index is 1.37. The summed E-state index contributed by atoms with van der Waals surface area (Å²) < 4.78 is 5.70. The number of hydrogen-bond acceptors (Lipinski definition) is 6. The van der Waals surface area contributed by atoms with Crippen molar-refractivity contribution in [3.05, 3.63) is 77.1 Å². The maximum absolute atomic E-state index is 12.4. The van der Waals surface area contributed by atoms with Gasteiger partial charge in [-0.05, 0) is 44.2 Å². The van der Waals surface area contributed by atoms with Crippen molar-refractivity contribution in [3.8, 4) is 11.8 Å². The summed E-state index contributed by atoms with van der Waals surface area (Å²) >= 11 is 0. The van der Waals surface area contributed by atoms with Crippen LogP contribution in [0.5, 0.6) is 11.8 Å². The average Bonchev–Trinajstić information content (AvgIpc) is 2.96. The van der Waals surface area contributed by atoms with Crippen LogP contribution in [-0.4, -0.2) is 39.1 Å². The highest BCUT2D eigenvalue weighted by molar-refractivity contribution is 6.21. The van der Waals surface area contributed by atoms with Gasteiger partial charge in [-0.3, -0.25) is 19.3 Å². The number of aryl methyl sites for hydroxylation is 2. The number of carbonyl (C=O) groups is 3. The largest absolute Gasteiger partial charge is 0.424 e. The zero-order chi connectivity index (χ0) is 22.0. The van der Waals surface area contributed by atoms with Crippen LogP contribution in [0.1, 0.15) is 38.5 Å². The molecule has 0 radical (unpaired) electrons. The van der Waals surface area contributed by atoms with E-state index in [9.17, 15) is 14.4 Å². The van der Waals surface area contributed by atoms with Crippen LogP contribution in [0.2, 0.25) is 0 Å². The van der Waals surface area contributed by atoms with Gasteiger partial charge in [-0.1, -0.05) is 18.2 Å². The third-order valence-corrected chi connectivity index (χ3v) is 4.73. The van der Waals surface area contributed by atoms with E-state index in [-0.39, 0.29) is 36.7 Å². The Morgan fingerprint density at radius 2 is 1.58 bits per heavy atom. The van der Waals surface area contributed by atoms with Crippen molar-refractivity contribution in [1.82, 2.24) is 14.9 Å². The fourth-order valence-corrected chi connectivity index (χ4v) is 3.36. The molecule has 0 spiro atoms. The molecule has 156 valence electrons. The summed E-state index contributed by atoms with van der Waals surface area (Å²) in [5.41, 5.74) is 2.84. The van der Waals surface area contributed by atoms with Crippen LogP contribution in [0, 0.1) is 13.8 Å². The predicted octanol–water partition coefficient (Wildman–Crippen LogP) is 3.51. The van der Waals surface area contributed by atoms with E-state index >= 15 is 0 Å². The maximum atomic E-state index is 12.4. The van der Waals surface area contributed by atoms with Crippen molar-refractivity contribution in [3.63, 3.8) is 0 Å². The van der Waals surface area contributed by atoms with Gasteiger partial charge in [0.25, 0.3) is 11.8 Å². The number of carbonyl (C=O) groups excluding carboxylic acids is 3. The maximum Gasteiger partial charge on any atom is 0.322 e. The van der Waals surface area contributed by atoms with E-state index in [4.69, 9.17) is 4.74 Å². The van der Waals surface area contributed by atoms with Crippen LogP contribution >= 0.6 is 0 Å². The smallest absolute Gasteiger partial charge is 0.322 e. The van der Waals surface area contributed by atoms with Crippen LogP contribution in [-0.2, 0) is 4.79 Å². The van der Waals surface area contributed by atoms with Crippen molar-refractivity contribution in [2.75, 3.05) is 11.9 Å². The first kappa shape index (κ1) is 20.2. The van der Waals surface area contributed by atoms with Gasteiger partial charge >= 0.3 is 6.01 Å². The second kappa shape index (κ2) is 8.35. The summed E-state index contributed by atoms with van der Waals surface area (Å²) in [4.78, 5) is 46.7. The molecule has 1 N–H and O–H groups in total. The first-order valence-electron chi connectivity index (χ1n) is 9.76. The van der Waals surface area contributed by atoms with E-state index in [0.717, 1.165) is 16.3 Å². The lowest BCUT2D eigenvalue weighted by Gasteiger charge is -2.14. The SMILES string of the molecule is Cc1cc(C)nc(Oc2cccc(NC(=O)CCN3C(=O)c4ccccc4C3=O)c2)n1. The molecule has 0 atom stereocenters. The fraction of sp³-hybridized carbons (Fsp3) is 0.174. The number of nitrogens with one attached hydrogen (secondary N) is 1. The van der Waals surface area contributed by atoms with Crippen molar-refractivity contribution in [2.45, 2.75) is 20.3 Å². The minimum atomic E-state index is -0.378. The molecule has 1 aliphatic heterocycles. The third-order valence-electron chi connectivity index (χ3n) is 4.73. The summed E-state index contributed by atoms with van der Waals surface area (Å²) in [5, 5.41) is 2.76. The molecule has 1 aliphatic rings. The lowest BCUT2D eigenvalue weighted by atomic mass is 10.1. The molecule has 0 aliphatic carbocycles. The Morgan fingerprint density at radius 3 is 2.23 bits per heavy atom. The van der Waals surface area contributed by atoms with E-state index in [2.05, 4.69) is 15.3 Å².